The van der Waals surface area contributed by atoms with Crippen molar-refractivity contribution >= 4 is 24.2 Å². The predicted molar refractivity (Wildman–Crippen MR) is 81.7 cm³/mol. The molecule has 0 spiro atoms. The lowest BCUT2D eigenvalue weighted by Crippen LogP contribution is -2.36. The van der Waals surface area contributed by atoms with Gasteiger partial charge in [0.15, 0.2) is 0 Å². The summed E-state index contributed by atoms with van der Waals surface area (Å²) in [4.78, 5) is 22.7. The fourth-order valence-electron chi connectivity index (χ4n) is 2.08. The molecule has 1 aliphatic heterocycles. The van der Waals surface area contributed by atoms with Crippen LogP contribution in [0.1, 0.15) is 23.2 Å². The second kappa shape index (κ2) is 8.49. The summed E-state index contributed by atoms with van der Waals surface area (Å²) in [6.07, 6.45) is 1.25. The highest BCUT2D eigenvalue weighted by Gasteiger charge is 2.16. The first-order valence-electron chi connectivity index (χ1n) is 6.68. The van der Waals surface area contributed by atoms with Crippen molar-refractivity contribution in [2.24, 2.45) is 5.73 Å². The summed E-state index contributed by atoms with van der Waals surface area (Å²) in [5, 5.41) is 6.13. The molecule has 2 rings (SSSR count). The summed E-state index contributed by atoms with van der Waals surface area (Å²) in [6, 6.07) is 6.84. The molecule has 0 saturated carbocycles. The van der Waals surface area contributed by atoms with Gasteiger partial charge in [-0.3, -0.25) is 9.59 Å². The number of benzene rings is 1. The van der Waals surface area contributed by atoms with Gasteiger partial charge in [0.1, 0.15) is 5.75 Å². The third kappa shape index (κ3) is 5.61. The molecule has 0 bridgehead atoms. The fourth-order valence-corrected chi connectivity index (χ4v) is 2.08. The molecule has 1 aliphatic rings. The molecule has 1 saturated heterocycles. The van der Waals surface area contributed by atoms with E-state index in [4.69, 9.17) is 10.5 Å². The monoisotopic (exact) mass is 313 g/mol. The van der Waals surface area contributed by atoms with E-state index in [0.717, 1.165) is 19.5 Å². The Morgan fingerprint density at radius 3 is 2.90 bits per heavy atom. The summed E-state index contributed by atoms with van der Waals surface area (Å²) < 4.78 is 5.45. The maximum Gasteiger partial charge on any atom is 0.248 e. The molecule has 6 nitrogen and oxygen atoms in total. The summed E-state index contributed by atoms with van der Waals surface area (Å²) in [7, 11) is 0. The van der Waals surface area contributed by atoms with Gasteiger partial charge in [0.25, 0.3) is 0 Å². The highest BCUT2D eigenvalue weighted by Crippen LogP contribution is 2.13. The molecule has 1 aromatic rings. The van der Waals surface area contributed by atoms with E-state index in [1.165, 1.54) is 0 Å². The number of carbonyl (C=O) groups is 2. The van der Waals surface area contributed by atoms with E-state index in [2.05, 4.69) is 10.6 Å². The third-order valence-corrected chi connectivity index (χ3v) is 3.14. The summed E-state index contributed by atoms with van der Waals surface area (Å²) in [5.74, 6) is 0.0170. The Bertz CT molecular complexity index is 490. The highest BCUT2D eigenvalue weighted by atomic mass is 35.5. The van der Waals surface area contributed by atoms with Crippen LogP contribution in [0, 0.1) is 0 Å². The van der Waals surface area contributed by atoms with Crippen LogP contribution >= 0.6 is 12.4 Å². The topological polar surface area (TPSA) is 93.5 Å². The molecule has 0 aliphatic carbocycles. The maximum absolute atomic E-state index is 11.7. The van der Waals surface area contributed by atoms with Crippen molar-refractivity contribution in [2.45, 2.75) is 18.9 Å². The zero-order valence-electron chi connectivity index (χ0n) is 11.6. The fraction of sp³-hybridized carbons (Fsp3) is 0.429. The number of amides is 2. The lowest BCUT2D eigenvalue weighted by Gasteiger charge is -2.11. The number of hydrogen-bond donors (Lipinski definition) is 3. The van der Waals surface area contributed by atoms with Crippen molar-refractivity contribution in [2.75, 3.05) is 19.7 Å². The number of halogens is 1. The molecule has 4 N–H and O–H groups in total. The number of primary amides is 1. The Balaban J connectivity index is 0.00000220. The van der Waals surface area contributed by atoms with Crippen molar-refractivity contribution < 1.29 is 14.3 Å². The van der Waals surface area contributed by atoms with Crippen LogP contribution in [0.5, 0.6) is 5.75 Å². The van der Waals surface area contributed by atoms with Crippen LogP contribution in [0.2, 0.25) is 0 Å². The standard InChI is InChI=1S/C14H19N3O3.ClH/c15-14(19)10-2-1-3-12(8-10)20-7-5-13(18)17-11-4-6-16-9-11;/h1-3,8,11,16H,4-7,9H2,(H2,15,19)(H,17,18);1H. The smallest absolute Gasteiger partial charge is 0.248 e. The van der Waals surface area contributed by atoms with E-state index in [1.807, 2.05) is 0 Å². The summed E-state index contributed by atoms with van der Waals surface area (Å²) in [6.45, 7) is 2.04. The minimum atomic E-state index is -0.498. The normalized spacial score (nSPS) is 16.9. The van der Waals surface area contributed by atoms with Crippen LogP contribution in [-0.2, 0) is 4.79 Å². The van der Waals surface area contributed by atoms with Gasteiger partial charge in [-0.25, -0.2) is 0 Å². The highest BCUT2D eigenvalue weighted by molar-refractivity contribution is 5.93. The summed E-state index contributed by atoms with van der Waals surface area (Å²) >= 11 is 0. The molecule has 1 heterocycles. The van der Waals surface area contributed by atoms with Gasteiger partial charge in [-0.05, 0) is 31.2 Å². The van der Waals surface area contributed by atoms with E-state index in [0.29, 0.717) is 11.3 Å². The average molecular weight is 314 g/mol. The Labute approximate surface area is 129 Å². The van der Waals surface area contributed by atoms with Crippen LogP contribution in [0.15, 0.2) is 24.3 Å². The molecule has 116 valence electrons. The van der Waals surface area contributed by atoms with Gasteiger partial charge in [-0.1, -0.05) is 6.07 Å². The van der Waals surface area contributed by atoms with Crippen molar-refractivity contribution in [3.05, 3.63) is 29.8 Å². The van der Waals surface area contributed by atoms with Crippen LogP contribution in [0.25, 0.3) is 0 Å². The zero-order valence-corrected chi connectivity index (χ0v) is 12.4. The van der Waals surface area contributed by atoms with Crippen LogP contribution in [0.4, 0.5) is 0 Å². The maximum atomic E-state index is 11.7. The lowest BCUT2D eigenvalue weighted by molar-refractivity contribution is -0.122. The Kier molecular flexibility index (Phi) is 6.98. The molecule has 1 atom stereocenters. The van der Waals surface area contributed by atoms with Gasteiger partial charge in [-0.2, -0.15) is 0 Å². The third-order valence-electron chi connectivity index (χ3n) is 3.14. The molecule has 2 amide bonds. The second-order valence-electron chi connectivity index (χ2n) is 4.75. The summed E-state index contributed by atoms with van der Waals surface area (Å²) in [5.41, 5.74) is 5.58. The minimum absolute atomic E-state index is 0. The second-order valence-corrected chi connectivity index (χ2v) is 4.75. The first-order valence-corrected chi connectivity index (χ1v) is 6.68. The van der Waals surface area contributed by atoms with Crippen molar-refractivity contribution in [3.63, 3.8) is 0 Å². The zero-order chi connectivity index (χ0) is 14.4. The van der Waals surface area contributed by atoms with Gasteiger partial charge in [0.2, 0.25) is 11.8 Å². The first-order chi connectivity index (χ1) is 9.65. The van der Waals surface area contributed by atoms with Crippen LogP contribution < -0.4 is 21.1 Å². The van der Waals surface area contributed by atoms with E-state index in [-0.39, 0.29) is 37.4 Å². The van der Waals surface area contributed by atoms with E-state index < -0.39 is 5.91 Å². The molecular weight excluding hydrogens is 294 g/mol. The van der Waals surface area contributed by atoms with Crippen LogP contribution in [0.3, 0.4) is 0 Å². The van der Waals surface area contributed by atoms with E-state index >= 15 is 0 Å². The largest absolute Gasteiger partial charge is 0.493 e. The molecular formula is C14H20ClN3O3. The van der Waals surface area contributed by atoms with Gasteiger partial charge in [-0.15, -0.1) is 12.4 Å². The van der Waals surface area contributed by atoms with Crippen molar-refractivity contribution in [3.8, 4) is 5.75 Å². The van der Waals surface area contributed by atoms with E-state index in [1.54, 1.807) is 24.3 Å². The number of nitrogens with two attached hydrogens (primary N) is 1. The molecule has 1 unspecified atom stereocenters. The van der Waals surface area contributed by atoms with Crippen molar-refractivity contribution in [1.29, 1.82) is 0 Å². The number of nitrogens with one attached hydrogen (secondary N) is 2. The van der Waals surface area contributed by atoms with Gasteiger partial charge >= 0.3 is 0 Å². The van der Waals surface area contributed by atoms with E-state index in [9.17, 15) is 9.59 Å². The molecule has 1 fully saturated rings. The Hall–Kier alpha value is -1.79. The number of rotatable bonds is 6. The first kappa shape index (κ1) is 17.3. The lowest BCUT2D eigenvalue weighted by atomic mass is 10.2. The number of hydrogen-bond acceptors (Lipinski definition) is 4. The predicted octanol–water partition coefficient (Wildman–Crippen LogP) is 0.454. The average Bonchev–Trinajstić information content (AvgIpc) is 2.92. The SMILES string of the molecule is Cl.NC(=O)c1cccc(OCCC(=O)NC2CCNC2)c1. The Morgan fingerprint density at radius 2 is 2.24 bits per heavy atom. The molecule has 0 radical (unpaired) electrons. The molecule has 0 aromatic heterocycles. The number of ether oxygens (including phenoxy) is 1. The van der Waals surface area contributed by atoms with Gasteiger partial charge in [0, 0.05) is 18.2 Å². The van der Waals surface area contributed by atoms with Gasteiger partial charge < -0.3 is 21.1 Å². The molecule has 7 heteroatoms. The van der Waals surface area contributed by atoms with Crippen LogP contribution in [-0.4, -0.2) is 37.6 Å². The molecule has 1 aromatic carbocycles. The number of carbonyl (C=O) groups excluding carboxylic acids is 2. The quantitative estimate of drug-likeness (QED) is 0.711. The van der Waals surface area contributed by atoms with Crippen molar-refractivity contribution in [1.82, 2.24) is 10.6 Å². The minimum Gasteiger partial charge on any atom is -0.493 e. The molecule has 21 heavy (non-hydrogen) atoms. The van der Waals surface area contributed by atoms with Gasteiger partial charge in [0.05, 0.1) is 13.0 Å². The Morgan fingerprint density at radius 1 is 1.43 bits per heavy atom.